The molecule has 0 saturated heterocycles. The Morgan fingerprint density at radius 3 is 2.58 bits per heavy atom. The molecule has 0 aliphatic carbocycles. The average molecular weight is 423 g/mol. The van der Waals surface area contributed by atoms with Crippen molar-refractivity contribution in [2.45, 2.75) is 26.5 Å². The summed E-state index contributed by atoms with van der Waals surface area (Å²) in [5.74, 6) is 0.601. The van der Waals surface area contributed by atoms with E-state index in [1.807, 2.05) is 36.4 Å². The third-order valence-corrected chi connectivity index (χ3v) is 4.28. The number of hydrogen-bond donors (Lipinski definition) is 2. The maximum Gasteiger partial charge on any atom is 0.347 e. The number of hydrogen-bond acceptors (Lipinski definition) is 6. The van der Waals surface area contributed by atoms with E-state index in [2.05, 4.69) is 26.8 Å². The van der Waals surface area contributed by atoms with Gasteiger partial charge in [-0.1, -0.05) is 34.1 Å². The van der Waals surface area contributed by atoms with Crippen molar-refractivity contribution in [2.24, 2.45) is 0 Å². The van der Waals surface area contributed by atoms with Crippen LogP contribution in [0.1, 0.15) is 19.4 Å². The zero-order valence-electron chi connectivity index (χ0n) is 15.0. The average Bonchev–Trinajstić information content (AvgIpc) is 2.64. The van der Waals surface area contributed by atoms with E-state index in [0.717, 1.165) is 15.7 Å². The highest BCUT2D eigenvalue weighted by atomic mass is 79.9. The molecular formula is C19H23BrN2O4. The number of benzene rings is 2. The molecule has 0 amide bonds. The normalized spacial score (nSPS) is 11.5. The quantitative estimate of drug-likeness (QED) is 0.471. The Labute approximate surface area is 161 Å². The number of halogens is 1. The highest BCUT2D eigenvalue weighted by Crippen LogP contribution is 2.34. The molecule has 0 fully saturated rings. The van der Waals surface area contributed by atoms with Gasteiger partial charge in [0.25, 0.3) is 0 Å². The van der Waals surface area contributed by atoms with Crippen LogP contribution in [0, 0.1) is 0 Å². The van der Waals surface area contributed by atoms with Crippen molar-refractivity contribution in [3.63, 3.8) is 0 Å². The third-order valence-electron chi connectivity index (χ3n) is 3.54. The Bertz CT molecular complexity index is 725. The maximum atomic E-state index is 11.8. The minimum Gasteiger partial charge on any atom is -0.493 e. The van der Waals surface area contributed by atoms with Crippen LogP contribution < -0.4 is 20.3 Å². The summed E-state index contributed by atoms with van der Waals surface area (Å²) >= 11 is 3.54. The zero-order valence-corrected chi connectivity index (χ0v) is 16.6. The Kier molecular flexibility index (Phi) is 7.74. The minimum absolute atomic E-state index is 0.312. The predicted octanol–water partition coefficient (Wildman–Crippen LogP) is 3.90. The Hall–Kier alpha value is -2.25. The van der Waals surface area contributed by atoms with Crippen molar-refractivity contribution >= 4 is 27.6 Å². The topological polar surface area (TPSA) is 68.8 Å². The largest absolute Gasteiger partial charge is 0.493 e. The van der Waals surface area contributed by atoms with Crippen LogP contribution in [0.3, 0.4) is 0 Å². The molecule has 0 radical (unpaired) electrons. The van der Waals surface area contributed by atoms with Crippen LogP contribution in [0.25, 0.3) is 0 Å². The fourth-order valence-electron chi connectivity index (χ4n) is 2.23. The second-order valence-electron chi connectivity index (χ2n) is 5.45. The van der Waals surface area contributed by atoms with Gasteiger partial charge in [0.05, 0.1) is 13.7 Å². The number of ether oxygens (including phenoxy) is 3. The molecule has 0 heterocycles. The fourth-order valence-corrected chi connectivity index (χ4v) is 2.69. The first-order chi connectivity index (χ1) is 12.5. The van der Waals surface area contributed by atoms with Gasteiger partial charge in [-0.25, -0.2) is 10.2 Å². The Balaban J connectivity index is 2.04. The van der Waals surface area contributed by atoms with Gasteiger partial charge >= 0.3 is 5.97 Å². The number of nitrogens with one attached hydrogen (secondary N) is 2. The molecule has 26 heavy (non-hydrogen) atoms. The van der Waals surface area contributed by atoms with Gasteiger partial charge in [-0.2, -0.15) is 0 Å². The first-order valence-electron chi connectivity index (χ1n) is 8.28. The van der Waals surface area contributed by atoms with Crippen molar-refractivity contribution in [3.05, 3.63) is 52.5 Å². The molecule has 0 spiro atoms. The van der Waals surface area contributed by atoms with E-state index >= 15 is 0 Å². The second kappa shape index (κ2) is 10.0. The maximum absolute atomic E-state index is 11.8. The van der Waals surface area contributed by atoms with Crippen molar-refractivity contribution < 1.29 is 19.0 Å². The van der Waals surface area contributed by atoms with Gasteiger partial charge < -0.3 is 19.6 Å². The lowest BCUT2D eigenvalue weighted by molar-refractivity contribution is -0.150. The van der Waals surface area contributed by atoms with Crippen LogP contribution in [-0.2, 0) is 16.1 Å². The van der Waals surface area contributed by atoms with Gasteiger partial charge in [0.15, 0.2) is 17.6 Å². The van der Waals surface area contributed by atoms with Crippen LogP contribution in [0.4, 0.5) is 5.69 Å². The Morgan fingerprint density at radius 1 is 1.19 bits per heavy atom. The molecule has 1 unspecified atom stereocenters. The smallest absolute Gasteiger partial charge is 0.347 e. The number of anilines is 1. The van der Waals surface area contributed by atoms with Gasteiger partial charge in [-0.05, 0) is 43.7 Å². The molecule has 0 aliphatic heterocycles. The lowest BCUT2D eigenvalue weighted by Crippen LogP contribution is -2.26. The van der Waals surface area contributed by atoms with Crippen LogP contribution in [-0.4, -0.2) is 25.8 Å². The number of esters is 1. The van der Waals surface area contributed by atoms with E-state index in [1.54, 1.807) is 27.0 Å². The van der Waals surface area contributed by atoms with E-state index in [4.69, 9.17) is 14.2 Å². The first kappa shape index (κ1) is 20.1. The molecule has 1 atom stereocenters. The molecule has 2 N–H and O–H groups in total. The molecule has 0 aromatic heterocycles. The van der Waals surface area contributed by atoms with Gasteiger partial charge in [0.1, 0.15) is 0 Å². The molecule has 2 rings (SSSR count). The summed E-state index contributed by atoms with van der Waals surface area (Å²) in [7, 11) is 1.56. The highest BCUT2D eigenvalue weighted by molar-refractivity contribution is 9.10. The van der Waals surface area contributed by atoms with E-state index < -0.39 is 12.1 Å². The van der Waals surface area contributed by atoms with Crippen molar-refractivity contribution in [3.8, 4) is 11.5 Å². The van der Waals surface area contributed by atoms with Crippen LogP contribution in [0.5, 0.6) is 11.5 Å². The summed E-state index contributed by atoms with van der Waals surface area (Å²) in [5.41, 5.74) is 8.23. The molecule has 0 saturated carbocycles. The molecule has 2 aromatic rings. The molecular weight excluding hydrogens is 400 g/mol. The van der Waals surface area contributed by atoms with E-state index in [1.165, 1.54) is 0 Å². The van der Waals surface area contributed by atoms with Crippen molar-refractivity contribution in [2.75, 3.05) is 19.1 Å². The minimum atomic E-state index is -0.723. The number of carbonyl (C=O) groups excluding carboxylic acids is 1. The van der Waals surface area contributed by atoms with Crippen LogP contribution in [0.2, 0.25) is 0 Å². The predicted molar refractivity (Wildman–Crippen MR) is 104 cm³/mol. The summed E-state index contributed by atoms with van der Waals surface area (Å²) in [4.78, 5) is 11.8. The summed E-state index contributed by atoms with van der Waals surface area (Å²) in [5, 5.41) is 0. The molecule has 7 heteroatoms. The number of methoxy groups -OCH3 is 1. The molecule has 6 nitrogen and oxygen atoms in total. The number of carbonyl (C=O) groups is 1. The zero-order chi connectivity index (χ0) is 18.9. The van der Waals surface area contributed by atoms with Gasteiger partial charge in [-0.15, -0.1) is 0 Å². The van der Waals surface area contributed by atoms with Gasteiger partial charge in [0.2, 0.25) is 0 Å². The fraction of sp³-hybridized carbons (Fsp3) is 0.316. The Morgan fingerprint density at radius 2 is 1.92 bits per heavy atom. The van der Waals surface area contributed by atoms with Gasteiger partial charge in [-0.3, -0.25) is 0 Å². The SMILES string of the molecule is CCOC(=O)C(C)Oc1cc(Br)c(CNNc2ccccc2)cc1OC. The second-order valence-corrected chi connectivity index (χ2v) is 6.31. The molecule has 2 aromatic carbocycles. The van der Waals surface area contributed by atoms with E-state index in [-0.39, 0.29) is 0 Å². The molecule has 140 valence electrons. The number of rotatable bonds is 9. The van der Waals surface area contributed by atoms with Crippen LogP contribution in [0.15, 0.2) is 46.9 Å². The number of para-hydroxylation sites is 1. The van der Waals surface area contributed by atoms with Crippen LogP contribution >= 0.6 is 15.9 Å². The summed E-state index contributed by atoms with van der Waals surface area (Å²) in [6, 6.07) is 13.5. The third kappa shape index (κ3) is 5.64. The standard InChI is InChI=1S/C19H23BrN2O4/c1-4-25-19(23)13(2)26-18-11-16(20)14(10-17(18)24-3)12-21-22-15-8-6-5-7-9-15/h5-11,13,21-22H,4,12H2,1-3H3. The summed E-state index contributed by atoms with van der Waals surface area (Å²) in [6.45, 7) is 4.27. The van der Waals surface area contributed by atoms with E-state index in [0.29, 0.717) is 24.7 Å². The van der Waals surface area contributed by atoms with Crippen molar-refractivity contribution in [1.82, 2.24) is 5.43 Å². The summed E-state index contributed by atoms with van der Waals surface area (Å²) in [6.07, 6.45) is -0.723. The molecule has 0 aliphatic rings. The monoisotopic (exact) mass is 422 g/mol. The number of hydrazine groups is 1. The summed E-state index contributed by atoms with van der Waals surface area (Å²) < 4.78 is 16.9. The first-order valence-corrected chi connectivity index (χ1v) is 9.08. The van der Waals surface area contributed by atoms with E-state index in [9.17, 15) is 4.79 Å². The highest BCUT2D eigenvalue weighted by Gasteiger charge is 2.19. The molecule has 0 bridgehead atoms. The van der Waals surface area contributed by atoms with Gasteiger partial charge in [0, 0.05) is 16.7 Å². The lowest BCUT2D eigenvalue weighted by atomic mass is 10.2. The van der Waals surface area contributed by atoms with Crippen molar-refractivity contribution in [1.29, 1.82) is 0 Å². The lowest BCUT2D eigenvalue weighted by Gasteiger charge is -2.18.